The summed E-state index contributed by atoms with van der Waals surface area (Å²) in [6, 6.07) is 8.00. The van der Waals surface area contributed by atoms with E-state index in [4.69, 9.17) is 4.74 Å². The molecule has 2 fully saturated rings. The van der Waals surface area contributed by atoms with Gasteiger partial charge in [0.2, 0.25) is 0 Å². The predicted octanol–water partition coefficient (Wildman–Crippen LogP) is 4.79. The molecule has 26 heavy (non-hydrogen) atoms. The molecule has 1 aromatic rings. The number of phenols is 1. The lowest BCUT2D eigenvalue weighted by molar-refractivity contribution is -0.0286. The standard InChI is InChI=1S/C22H36N2O2/c1-3-4-17-26-19-9-13-22(2,14-10-19)24-15-11-18(12-16-24)23-20-7-5-6-8-21(20)25/h5-8,18-19,23,25H,3-4,9-17H2,1-2H3/t19-,22-. The van der Waals surface area contributed by atoms with Crippen LogP contribution in [0.1, 0.15) is 65.2 Å². The topological polar surface area (TPSA) is 44.7 Å². The summed E-state index contributed by atoms with van der Waals surface area (Å²) in [5, 5.41) is 13.5. The number of unbranched alkanes of at least 4 members (excludes halogenated alkanes) is 1. The molecule has 2 aliphatic rings. The summed E-state index contributed by atoms with van der Waals surface area (Å²) >= 11 is 0. The predicted molar refractivity (Wildman–Crippen MR) is 108 cm³/mol. The second-order valence-electron chi connectivity index (χ2n) is 8.34. The quantitative estimate of drug-likeness (QED) is 0.542. The van der Waals surface area contributed by atoms with Crippen molar-refractivity contribution < 1.29 is 9.84 Å². The highest BCUT2D eigenvalue weighted by Crippen LogP contribution is 2.37. The van der Waals surface area contributed by atoms with Gasteiger partial charge in [-0.25, -0.2) is 0 Å². The summed E-state index contributed by atoms with van der Waals surface area (Å²) in [5.74, 6) is 0.350. The Morgan fingerprint density at radius 1 is 1.15 bits per heavy atom. The van der Waals surface area contributed by atoms with Crippen molar-refractivity contribution in [2.24, 2.45) is 0 Å². The third-order valence-electron chi connectivity index (χ3n) is 6.38. The zero-order valence-electron chi connectivity index (χ0n) is 16.5. The summed E-state index contributed by atoms with van der Waals surface area (Å²) in [5.41, 5.74) is 1.20. The lowest BCUT2D eigenvalue weighted by Gasteiger charge is -2.48. The number of anilines is 1. The smallest absolute Gasteiger partial charge is 0.138 e. The average molecular weight is 361 g/mol. The van der Waals surface area contributed by atoms with Crippen molar-refractivity contribution in [2.45, 2.75) is 82.9 Å². The van der Waals surface area contributed by atoms with Crippen LogP contribution in [0.4, 0.5) is 5.69 Å². The molecule has 0 aromatic heterocycles. The number of hydrogen-bond acceptors (Lipinski definition) is 4. The second kappa shape index (κ2) is 9.09. The van der Waals surface area contributed by atoms with Crippen LogP contribution in [0.5, 0.6) is 5.75 Å². The molecular formula is C22H36N2O2. The Morgan fingerprint density at radius 2 is 1.85 bits per heavy atom. The molecule has 4 heteroatoms. The van der Waals surface area contributed by atoms with Crippen molar-refractivity contribution in [2.75, 3.05) is 25.0 Å². The zero-order valence-corrected chi connectivity index (χ0v) is 16.5. The molecule has 146 valence electrons. The van der Waals surface area contributed by atoms with Crippen LogP contribution >= 0.6 is 0 Å². The number of likely N-dealkylation sites (tertiary alicyclic amines) is 1. The number of aromatic hydroxyl groups is 1. The van der Waals surface area contributed by atoms with Gasteiger partial charge in [-0.15, -0.1) is 0 Å². The Kier molecular flexibility index (Phi) is 6.82. The third kappa shape index (κ3) is 4.92. The Bertz CT molecular complexity index is 547. The number of hydrogen-bond donors (Lipinski definition) is 2. The second-order valence-corrected chi connectivity index (χ2v) is 8.34. The third-order valence-corrected chi connectivity index (χ3v) is 6.38. The van der Waals surface area contributed by atoms with Crippen molar-refractivity contribution in [3.63, 3.8) is 0 Å². The van der Waals surface area contributed by atoms with Crippen LogP contribution in [0.2, 0.25) is 0 Å². The first kappa shape index (κ1) is 19.5. The zero-order chi connectivity index (χ0) is 18.4. The average Bonchev–Trinajstić information content (AvgIpc) is 2.66. The molecule has 0 atom stereocenters. The van der Waals surface area contributed by atoms with Crippen LogP contribution in [0.15, 0.2) is 24.3 Å². The van der Waals surface area contributed by atoms with Crippen molar-refractivity contribution in [3.8, 4) is 5.75 Å². The van der Waals surface area contributed by atoms with E-state index in [1.807, 2.05) is 18.2 Å². The van der Waals surface area contributed by atoms with Gasteiger partial charge < -0.3 is 15.2 Å². The van der Waals surface area contributed by atoms with Crippen LogP contribution < -0.4 is 5.32 Å². The van der Waals surface area contributed by atoms with Gasteiger partial charge in [0.15, 0.2) is 0 Å². The highest BCUT2D eigenvalue weighted by molar-refractivity contribution is 5.55. The molecule has 4 nitrogen and oxygen atoms in total. The lowest BCUT2D eigenvalue weighted by atomic mass is 9.79. The number of benzene rings is 1. The summed E-state index contributed by atoms with van der Waals surface area (Å²) in [7, 11) is 0. The molecule has 0 spiro atoms. The van der Waals surface area contributed by atoms with E-state index in [9.17, 15) is 5.11 Å². The highest BCUT2D eigenvalue weighted by atomic mass is 16.5. The van der Waals surface area contributed by atoms with Crippen LogP contribution in [-0.4, -0.2) is 47.4 Å². The van der Waals surface area contributed by atoms with Crippen LogP contribution in [0.25, 0.3) is 0 Å². The number of piperidine rings is 1. The highest BCUT2D eigenvalue weighted by Gasteiger charge is 2.38. The minimum atomic E-state index is 0.338. The monoisotopic (exact) mass is 360 g/mol. The van der Waals surface area contributed by atoms with E-state index < -0.39 is 0 Å². The van der Waals surface area contributed by atoms with E-state index in [0.29, 0.717) is 23.4 Å². The van der Waals surface area contributed by atoms with Gasteiger partial charge in [0.25, 0.3) is 0 Å². The number of ether oxygens (including phenoxy) is 1. The molecule has 1 heterocycles. The van der Waals surface area contributed by atoms with E-state index in [0.717, 1.165) is 38.2 Å². The number of nitrogens with one attached hydrogen (secondary N) is 1. The van der Waals surface area contributed by atoms with E-state index in [-0.39, 0.29) is 0 Å². The van der Waals surface area contributed by atoms with E-state index in [1.54, 1.807) is 6.07 Å². The van der Waals surface area contributed by atoms with Crippen molar-refractivity contribution in [3.05, 3.63) is 24.3 Å². The first-order chi connectivity index (χ1) is 12.6. The minimum absolute atomic E-state index is 0.338. The van der Waals surface area contributed by atoms with Crippen LogP contribution in [0.3, 0.4) is 0 Å². The SMILES string of the molecule is CCCCO[C@H]1CC[C@](C)(N2CCC(Nc3ccccc3O)CC2)CC1. The van der Waals surface area contributed by atoms with Gasteiger partial charge in [-0.2, -0.15) is 0 Å². The Morgan fingerprint density at radius 3 is 2.50 bits per heavy atom. The molecular weight excluding hydrogens is 324 g/mol. The van der Waals surface area contributed by atoms with Crippen molar-refractivity contribution >= 4 is 5.69 Å². The van der Waals surface area contributed by atoms with Crippen LogP contribution in [-0.2, 0) is 4.74 Å². The normalized spacial score (nSPS) is 28.2. The van der Waals surface area contributed by atoms with Gasteiger partial charge in [0, 0.05) is 31.3 Å². The maximum atomic E-state index is 9.96. The molecule has 1 aliphatic carbocycles. The van der Waals surface area contributed by atoms with Gasteiger partial charge in [-0.05, 0) is 64.0 Å². The first-order valence-electron chi connectivity index (χ1n) is 10.5. The van der Waals surface area contributed by atoms with Gasteiger partial charge >= 0.3 is 0 Å². The number of phenolic OH excluding ortho intramolecular Hbond substituents is 1. The summed E-state index contributed by atoms with van der Waals surface area (Å²) < 4.78 is 6.05. The molecule has 0 radical (unpaired) electrons. The van der Waals surface area contributed by atoms with Gasteiger partial charge in [0.1, 0.15) is 5.75 Å². The number of nitrogens with zero attached hydrogens (tertiary/aromatic N) is 1. The Hall–Kier alpha value is -1.26. The first-order valence-corrected chi connectivity index (χ1v) is 10.5. The lowest BCUT2D eigenvalue weighted by Crippen LogP contribution is -2.53. The molecule has 1 aromatic carbocycles. The summed E-state index contributed by atoms with van der Waals surface area (Å²) in [6.45, 7) is 7.89. The maximum absolute atomic E-state index is 9.96. The largest absolute Gasteiger partial charge is 0.506 e. The fourth-order valence-corrected chi connectivity index (χ4v) is 4.47. The molecule has 1 saturated heterocycles. The minimum Gasteiger partial charge on any atom is -0.506 e. The number of rotatable bonds is 7. The molecule has 3 rings (SSSR count). The fraction of sp³-hybridized carbons (Fsp3) is 0.727. The summed E-state index contributed by atoms with van der Waals surface area (Å²) in [4.78, 5) is 2.71. The molecule has 2 N–H and O–H groups in total. The Balaban J connectivity index is 1.44. The van der Waals surface area contributed by atoms with Crippen molar-refractivity contribution in [1.29, 1.82) is 0 Å². The molecule has 0 amide bonds. The maximum Gasteiger partial charge on any atom is 0.138 e. The van der Waals surface area contributed by atoms with E-state index in [2.05, 4.69) is 24.1 Å². The number of para-hydroxylation sites is 2. The van der Waals surface area contributed by atoms with E-state index in [1.165, 1.54) is 38.5 Å². The Labute approximate surface area is 158 Å². The van der Waals surface area contributed by atoms with Gasteiger partial charge in [-0.1, -0.05) is 25.5 Å². The van der Waals surface area contributed by atoms with Crippen molar-refractivity contribution in [1.82, 2.24) is 4.90 Å². The van der Waals surface area contributed by atoms with Gasteiger partial charge in [0.05, 0.1) is 11.8 Å². The molecule has 1 saturated carbocycles. The molecule has 1 aliphatic heterocycles. The molecule has 0 unspecified atom stereocenters. The van der Waals surface area contributed by atoms with E-state index >= 15 is 0 Å². The summed E-state index contributed by atoms with van der Waals surface area (Å²) in [6.07, 6.45) is 10.1. The fourth-order valence-electron chi connectivity index (χ4n) is 4.47. The van der Waals surface area contributed by atoms with Crippen LogP contribution in [0, 0.1) is 0 Å². The molecule has 0 bridgehead atoms. The van der Waals surface area contributed by atoms with Gasteiger partial charge in [-0.3, -0.25) is 4.90 Å².